The second-order valence-corrected chi connectivity index (χ2v) is 10.3. The lowest BCUT2D eigenvalue weighted by molar-refractivity contribution is 0.496. The molecule has 2 aromatic carbocycles. The van der Waals surface area contributed by atoms with Crippen molar-refractivity contribution in [3.05, 3.63) is 74.6 Å². The van der Waals surface area contributed by atoms with E-state index in [4.69, 9.17) is 15.7 Å². The fourth-order valence-corrected chi connectivity index (χ4v) is 5.70. The minimum absolute atomic E-state index is 0.0282. The number of imidazole rings is 1. The Hall–Kier alpha value is -4.42. The molecule has 1 aliphatic rings. The molecule has 0 radical (unpaired) electrons. The Morgan fingerprint density at radius 3 is 2.56 bits per heavy atom. The van der Waals surface area contributed by atoms with Gasteiger partial charge in [0.25, 0.3) is 5.56 Å². The minimum Gasteiger partial charge on any atom is -0.341 e. The van der Waals surface area contributed by atoms with E-state index in [0.717, 1.165) is 46.6 Å². The number of pyridine rings is 1. The summed E-state index contributed by atoms with van der Waals surface area (Å²) >= 11 is 0. The zero-order valence-corrected chi connectivity index (χ0v) is 22.4. The molecule has 198 valence electrons. The number of hydrogen-bond acceptors (Lipinski definition) is 6. The van der Waals surface area contributed by atoms with Crippen LogP contribution < -0.4 is 21.9 Å². The third-order valence-electron chi connectivity index (χ3n) is 7.69. The fraction of sp³-hybridized carbons (Fsp3) is 0.333. The molecule has 5 aromatic rings. The van der Waals surface area contributed by atoms with Gasteiger partial charge < -0.3 is 10.6 Å². The quantitative estimate of drug-likeness (QED) is 0.288. The number of nitrogens with two attached hydrogens (primary N) is 1. The monoisotopic (exact) mass is 521 g/mol. The lowest BCUT2D eigenvalue weighted by Gasteiger charge is -2.31. The average Bonchev–Trinajstić information content (AvgIpc) is 3.33. The van der Waals surface area contributed by atoms with Gasteiger partial charge in [-0.25, -0.2) is 9.78 Å². The number of aryl methyl sites for hydroxylation is 2. The van der Waals surface area contributed by atoms with Crippen LogP contribution >= 0.6 is 0 Å². The third-order valence-corrected chi connectivity index (χ3v) is 7.69. The second kappa shape index (κ2) is 9.71. The number of benzene rings is 2. The van der Waals surface area contributed by atoms with E-state index in [2.05, 4.69) is 28.9 Å². The van der Waals surface area contributed by atoms with E-state index in [1.165, 1.54) is 9.13 Å². The molecule has 6 rings (SSSR count). The summed E-state index contributed by atoms with van der Waals surface area (Å²) < 4.78 is 4.55. The molecule has 9 nitrogen and oxygen atoms in total. The lowest BCUT2D eigenvalue weighted by atomic mass is 10.0. The largest absolute Gasteiger partial charge is 0.341 e. The summed E-state index contributed by atoms with van der Waals surface area (Å²) in [6, 6.07) is 14.1. The molecule has 39 heavy (non-hydrogen) atoms. The summed E-state index contributed by atoms with van der Waals surface area (Å²) in [4.78, 5) is 39.6. The van der Waals surface area contributed by atoms with Crippen LogP contribution in [0.3, 0.4) is 0 Å². The van der Waals surface area contributed by atoms with Crippen molar-refractivity contribution in [1.29, 1.82) is 0 Å². The molecule has 0 aliphatic carbocycles. The molecule has 1 fully saturated rings. The van der Waals surface area contributed by atoms with Crippen LogP contribution in [0.2, 0.25) is 0 Å². The van der Waals surface area contributed by atoms with Gasteiger partial charge in [0.2, 0.25) is 5.95 Å². The van der Waals surface area contributed by atoms with Crippen molar-refractivity contribution in [1.82, 2.24) is 23.7 Å². The molecule has 1 aliphatic heterocycles. The van der Waals surface area contributed by atoms with E-state index in [9.17, 15) is 9.59 Å². The summed E-state index contributed by atoms with van der Waals surface area (Å²) in [5.74, 6) is 6.63. The van der Waals surface area contributed by atoms with E-state index >= 15 is 0 Å². The second-order valence-electron chi connectivity index (χ2n) is 10.3. The molecule has 4 heterocycles. The van der Waals surface area contributed by atoms with Crippen LogP contribution in [0.4, 0.5) is 5.95 Å². The number of para-hydroxylation sites is 1. The van der Waals surface area contributed by atoms with Gasteiger partial charge in [-0.1, -0.05) is 48.4 Å². The highest BCUT2D eigenvalue weighted by Crippen LogP contribution is 2.28. The Labute approximate surface area is 225 Å². The first-order valence-corrected chi connectivity index (χ1v) is 13.3. The topological polar surface area (TPSA) is 104 Å². The molecule has 2 N–H and O–H groups in total. The standard InChI is InChI=1S/C30H31N7O2/c1-4-5-16-36-26-27(33-29(36)35-15-9-11-20(31)17-35)34(3)30(39)37(28(26)38)18-24-22-13-7-6-12-21(22)23-14-8-10-19(2)25(23)32-24/h6-8,10,12-14,20H,9,11,15-18,31H2,1-3H3. The van der Waals surface area contributed by atoms with Gasteiger partial charge in [0, 0.05) is 37.0 Å². The highest BCUT2D eigenvalue weighted by atomic mass is 16.2. The highest BCUT2D eigenvalue weighted by molar-refractivity contribution is 6.07. The number of piperidine rings is 1. The van der Waals surface area contributed by atoms with E-state index in [-0.39, 0.29) is 19.1 Å². The Morgan fingerprint density at radius 1 is 1.03 bits per heavy atom. The van der Waals surface area contributed by atoms with Gasteiger partial charge in [0.1, 0.15) is 0 Å². The van der Waals surface area contributed by atoms with Crippen molar-refractivity contribution in [2.45, 2.75) is 45.8 Å². The number of aromatic nitrogens is 5. The Morgan fingerprint density at radius 2 is 1.79 bits per heavy atom. The first-order valence-electron chi connectivity index (χ1n) is 13.3. The smallest absolute Gasteiger partial charge is 0.332 e. The molecule has 9 heteroatoms. The number of anilines is 1. The number of hydrogen-bond donors (Lipinski definition) is 1. The molecule has 0 amide bonds. The van der Waals surface area contributed by atoms with Crippen molar-refractivity contribution in [3.8, 4) is 11.8 Å². The third kappa shape index (κ3) is 4.08. The molecule has 1 unspecified atom stereocenters. The van der Waals surface area contributed by atoms with E-state index in [1.54, 1.807) is 14.0 Å². The van der Waals surface area contributed by atoms with Crippen LogP contribution in [0.5, 0.6) is 0 Å². The number of nitrogens with zero attached hydrogens (tertiary/aromatic N) is 6. The molecule has 3 aromatic heterocycles. The van der Waals surface area contributed by atoms with Crippen LogP contribution in [-0.2, 0) is 20.1 Å². The molecular weight excluding hydrogens is 490 g/mol. The summed E-state index contributed by atoms with van der Waals surface area (Å²) in [5.41, 5.74) is 8.71. The van der Waals surface area contributed by atoms with Gasteiger partial charge in [-0.2, -0.15) is 4.98 Å². The van der Waals surface area contributed by atoms with Gasteiger partial charge in [-0.05, 0) is 37.6 Å². The highest BCUT2D eigenvalue weighted by Gasteiger charge is 2.26. The minimum atomic E-state index is -0.434. The Kier molecular flexibility index (Phi) is 6.20. The fourth-order valence-electron chi connectivity index (χ4n) is 5.70. The summed E-state index contributed by atoms with van der Waals surface area (Å²) in [7, 11) is 1.66. The van der Waals surface area contributed by atoms with Gasteiger partial charge in [0.05, 0.1) is 24.3 Å². The van der Waals surface area contributed by atoms with Crippen LogP contribution in [0, 0.1) is 18.8 Å². The van der Waals surface area contributed by atoms with Crippen molar-refractivity contribution in [3.63, 3.8) is 0 Å². The summed E-state index contributed by atoms with van der Waals surface area (Å²) in [5, 5.41) is 3.00. The summed E-state index contributed by atoms with van der Waals surface area (Å²) in [6.07, 6.45) is 1.89. The molecule has 0 bridgehead atoms. The van der Waals surface area contributed by atoms with Gasteiger partial charge >= 0.3 is 5.69 Å². The first kappa shape index (κ1) is 24.9. The van der Waals surface area contributed by atoms with Crippen LogP contribution in [-0.4, -0.2) is 42.8 Å². The molecular formula is C30H31N7O2. The predicted octanol–water partition coefficient (Wildman–Crippen LogP) is 2.91. The molecule has 0 saturated carbocycles. The SMILES string of the molecule is CC#CCn1c(N2CCCC(N)C2)nc2c1c(=O)n(Cc1nc3c(C)cccc3c3ccccc13)c(=O)n2C. The predicted molar refractivity (Wildman–Crippen MR) is 155 cm³/mol. The van der Waals surface area contributed by atoms with Crippen LogP contribution in [0.25, 0.3) is 32.8 Å². The lowest BCUT2D eigenvalue weighted by Crippen LogP contribution is -2.44. The zero-order valence-electron chi connectivity index (χ0n) is 22.4. The molecule has 1 saturated heterocycles. The molecule has 1 atom stereocenters. The maximum absolute atomic E-state index is 14.1. The maximum atomic E-state index is 14.1. The normalized spacial score (nSPS) is 15.7. The van der Waals surface area contributed by atoms with Gasteiger partial charge in [0.15, 0.2) is 11.2 Å². The van der Waals surface area contributed by atoms with Gasteiger partial charge in [-0.15, -0.1) is 5.92 Å². The van der Waals surface area contributed by atoms with Crippen LogP contribution in [0.15, 0.2) is 52.1 Å². The van der Waals surface area contributed by atoms with Gasteiger partial charge in [-0.3, -0.25) is 18.5 Å². The zero-order chi connectivity index (χ0) is 27.3. The van der Waals surface area contributed by atoms with E-state index in [0.29, 0.717) is 29.4 Å². The molecule has 0 spiro atoms. The maximum Gasteiger partial charge on any atom is 0.332 e. The van der Waals surface area contributed by atoms with Crippen molar-refractivity contribution >= 4 is 38.8 Å². The van der Waals surface area contributed by atoms with E-state index in [1.807, 2.05) is 41.8 Å². The Bertz CT molecular complexity index is 1940. The summed E-state index contributed by atoms with van der Waals surface area (Å²) in [6.45, 7) is 5.54. The Balaban J connectivity index is 1.59. The van der Waals surface area contributed by atoms with Crippen molar-refractivity contribution in [2.24, 2.45) is 12.8 Å². The van der Waals surface area contributed by atoms with E-state index < -0.39 is 11.2 Å². The number of fused-ring (bicyclic) bond motifs is 4. The van der Waals surface area contributed by atoms with Crippen molar-refractivity contribution in [2.75, 3.05) is 18.0 Å². The number of rotatable bonds is 4. The average molecular weight is 522 g/mol. The first-order chi connectivity index (χ1) is 18.9. The van der Waals surface area contributed by atoms with Crippen LogP contribution in [0.1, 0.15) is 31.0 Å². The van der Waals surface area contributed by atoms with Crippen molar-refractivity contribution < 1.29 is 0 Å².